The normalized spacial score (nSPS) is 19.1. The molecule has 0 saturated carbocycles. The predicted molar refractivity (Wildman–Crippen MR) is 140 cm³/mol. The standard InChI is InChI=1S/C28H29BrN2O4/c1-31(2)27(33)28(19-22-11-6-7-12-24(22)29)25(20-9-4-3-5-10-20)35-26(30-28)21-13-15-23(16-14-21)34-18-8-17-32/h3-7,9-16,25,32H,8,17-19H2,1-2H3/t25-,28-/m1/s1. The zero-order valence-corrected chi connectivity index (χ0v) is 21.4. The summed E-state index contributed by atoms with van der Waals surface area (Å²) >= 11 is 3.64. The maximum absolute atomic E-state index is 13.8. The average Bonchev–Trinajstić information content (AvgIpc) is 3.26. The third-order valence-corrected chi connectivity index (χ3v) is 6.71. The molecular formula is C28H29BrN2O4. The highest BCUT2D eigenvalue weighted by Crippen LogP contribution is 2.44. The Morgan fingerprint density at radius 3 is 2.40 bits per heavy atom. The number of hydrogen-bond acceptors (Lipinski definition) is 5. The summed E-state index contributed by atoms with van der Waals surface area (Å²) in [6, 6.07) is 25.1. The fraction of sp³-hybridized carbons (Fsp3) is 0.286. The van der Waals surface area contributed by atoms with E-state index >= 15 is 0 Å². The number of amides is 1. The molecule has 6 nitrogen and oxygen atoms in total. The van der Waals surface area contributed by atoms with Gasteiger partial charge in [0.15, 0.2) is 11.6 Å². The third-order valence-electron chi connectivity index (χ3n) is 5.93. The molecule has 4 rings (SSSR count). The van der Waals surface area contributed by atoms with Gasteiger partial charge in [0, 0.05) is 43.6 Å². The fourth-order valence-electron chi connectivity index (χ4n) is 4.21. The maximum Gasteiger partial charge on any atom is 0.254 e. The second kappa shape index (κ2) is 11.1. The number of aliphatic hydroxyl groups excluding tert-OH is 1. The summed E-state index contributed by atoms with van der Waals surface area (Å²) in [6.45, 7) is 0.527. The van der Waals surface area contributed by atoms with Gasteiger partial charge in [-0.05, 0) is 41.5 Å². The Labute approximate surface area is 214 Å². The van der Waals surface area contributed by atoms with Gasteiger partial charge in [0.25, 0.3) is 5.91 Å². The fourth-order valence-corrected chi connectivity index (χ4v) is 4.64. The second-order valence-electron chi connectivity index (χ2n) is 8.67. The first-order valence-corrected chi connectivity index (χ1v) is 12.3. The molecule has 0 aliphatic carbocycles. The average molecular weight is 537 g/mol. The van der Waals surface area contributed by atoms with E-state index in [2.05, 4.69) is 15.9 Å². The van der Waals surface area contributed by atoms with Gasteiger partial charge < -0.3 is 19.5 Å². The molecule has 7 heteroatoms. The molecule has 35 heavy (non-hydrogen) atoms. The monoisotopic (exact) mass is 536 g/mol. The lowest BCUT2D eigenvalue weighted by molar-refractivity contribution is -0.137. The first kappa shape index (κ1) is 24.9. The third kappa shape index (κ3) is 5.41. The summed E-state index contributed by atoms with van der Waals surface area (Å²) in [5.74, 6) is 0.994. The van der Waals surface area contributed by atoms with E-state index in [1.54, 1.807) is 19.0 Å². The van der Waals surface area contributed by atoms with Crippen molar-refractivity contribution in [3.8, 4) is 5.75 Å². The van der Waals surface area contributed by atoms with Gasteiger partial charge in [0.05, 0.1) is 6.61 Å². The molecule has 0 unspecified atom stereocenters. The van der Waals surface area contributed by atoms with Gasteiger partial charge in [0.2, 0.25) is 5.90 Å². The van der Waals surface area contributed by atoms with Gasteiger partial charge in [-0.25, -0.2) is 4.99 Å². The molecule has 0 bridgehead atoms. The largest absolute Gasteiger partial charge is 0.494 e. The number of rotatable bonds is 9. The topological polar surface area (TPSA) is 71.4 Å². The molecule has 3 aromatic carbocycles. The molecule has 2 atom stereocenters. The minimum atomic E-state index is -1.18. The van der Waals surface area contributed by atoms with Crippen LogP contribution >= 0.6 is 15.9 Å². The molecule has 0 spiro atoms. The van der Waals surface area contributed by atoms with E-state index in [9.17, 15) is 4.79 Å². The molecule has 0 fully saturated rings. The Kier molecular flexibility index (Phi) is 7.88. The van der Waals surface area contributed by atoms with Crippen LogP contribution in [0.2, 0.25) is 0 Å². The Bertz CT molecular complexity index is 1180. The van der Waals surface area contributed by atoms with E-state index in [0.717, 1.165) is 21.2 Å². The number of carbonyl (C=O) groups is 1. The summed E-state index contributed by atoms with van der Waals surface area (Å²) < 4.78 is 13.1. The zero-order chi connectivity index (χ0) is 24.8. The smallest absolute Gasteiger partial charge is 0.254 e. The van der Waals surface area contributed by atoms with E-state index < -0.39 is 11.6 Å². The Morgan fingerprint density at radius 2 is 1.74 bits per heavy atom. The molecule has 1 aliphatic rings. The molecule has 1 heterocycles. The van der Waals surface area contributed by atoms with Crippen LogP contribution in [-0.4, -0.2) is 54.7 Å². The molecular weight excluding hydrogens is 508 g/mol. The first-order valence-electron chi connectivity index (χ1n) is 11.6. The van der Waals surface area contributed by atoms with Crippen LogP contribution in [0.3, 0.4) is 0 Å². The molecule has 0 radical (unpaired) electrons. The van der Waals surface area contributed by atoms with Crippen LogP contribution in [0.4, 0.5) is 0 Å². The second-order valence-corrected chi connectivity index (χ2v) is 9.52. The predicted octanol–water partition coefficient (Wildman–Crippen LogP) is 4.80. The van der Waals surface area contributed by atoms with Crippen LogP contribution in [0.1, 0.15) is 29.2 Å². The van der Waals surface area contributed by atoms with E-state index in [1.165, 1.54) is 0 Å². The molecule has 182 valence electrons. The highest BCUT2D eigenvalue weighted by atomic mass is 79.9. The van der Waals surface area contributed by atoms with Gasteiger partial charge in [0.1, 0.15) is 5.75 Å². The van der Waals surface area contributed by atoms with E-state index in [1.807, 2.05) is 78.9 Å². The van der Waals surface area contributed by atoms with Crippen molar-refractivity contribution >= 4 is 27.7 Å². The lowest BCUT2D eigenvalue weighted by atomic mass is 9.81. The summed E-state index contributed by atoms with van der Waals surface area (Å²) in [5, 5.41) is 8.96. The summed E-state index contributed by atoms with van der Waals surface area (Å²) in [7, 11) is 3.50. The number of carbonyl (C=O) groups excluding carboxylic acids is 1. The SMILES string of the molecule is CN(C)C(=O)[C@]1(Cc2ccccc2Br)N=C(c2ccc(OCCCO)cc2)O[C@@H]1c1ccccc1. The number of nitrogens with zero attached hydrogens (tertiary/aromatic N) is 2. The number of aliphatic hydroxyl groups is 1. The van der Waals surface area contributed by atoms with Crippen molar-refractivity contribution in [1.29, 1.82) is 0 Å². The van der Waals surface area contributed by atoms with Crippen LogP contribution in [0.5, 0.6) is 5.75 Å². The number of aliphatic imine (C=N–C) groups is 1. The lowest BCUT2D eigenvalue weighted by Crippen LogP contribution is -2.49. The quantitative estimate of drug-likeness (QED) is 0.399. The van der Waals surface area contributed by atoms with E-state index in [4.69, 9.17) is 19.6 Å². The molecule has 0 aromatic heterocycles. The van der Waals surface area contributed by atoms with Gasteiger partial charge in [-0.2, -0.15) is 0 Å². The van der Waals surface area contributed by atoms with E-state index in [0.29, 0.717) is 31.1 Å². The number of likely N-dealkylation sites (N-methyl/N-ethyl adjacent to an activating group) is 1. The van der Waals surface area contributed by atoms with Crippen LogP contribution in [0.25, 0.3) is 0 Å². The van der Waals surface area contributed by atoms with Gasteiger partial charge in [-0.3, -0.25) is 4.79 Å². The minimum Gasteiger partial charge on any atom is -0.494 e. The lowest BCUT2D eigenvalue weighted by Gasteiger charge is -2.33. The molecule has 1 amide bonds. The van der Waals surface area contributed by atoms with Gasteiger partial charge in [-0.15, -0.1) is 0 Å². The van der Waals surface area contributed by atoms with Crippen LogP contribution < -0.4 is 4.74 Å². The summed E-state index contributed by atoms with van der Waals surface area (Å²) in [6.07, 6.45) is 0.346. The van der Waals surface area contributed by atoms with Gasteiger partial charge in [-0.1, -0.05) is 64.5 Å². The van der Waals surface area contributed by atoms with Crippen molar-refractivity contribution in [3.63, 3.8) is 0 Å². The van der Waals surface area contributed by atoms with Crippen LogP contribution in [0.15, 0.2) is 88.3 Å². The summed E-state index contributed by atoms with van der Waals surface area (Å²) in [5.41, 5.74) is 1.45. The highest BCUT2D eigenvalue weighted by Gasteiger charge is 2.54. The number of halogens is 1. The van der Waals surface area contributed by atoms with Crippen LogP contribution in [-0.2, 0) is 16.0 Å². The number of hydrogen-bond donors (Lipinski definition) is 1. The summed E-state index contributed by atoms with van der Waals surface area (Å²) in [4.78, 5) is 20.4. The minimum absolute atomic E-state index is 0.0864. The van der Waals surface area contributed by atoms with Crippen molar-refractivity contribution in [2.75, 3.05) is 27.3 Å². The zero-order valence-electron chi connectivity index (χ0n) is 19.9. The van der Waals surface area contributed by atoms with Crippen molar-refractivity contribution in [2.24, 2.45) is 4.99 Å². The van der Waals surface area contributed by atoms with Crippen molar-refractivity contribution in [2.45, 2.75) is 24.5 Å². The van der Waals surface area contributed by atoms with Crippen molar-refractivity contribution < 1.29 is 19.4 Å². The molecule has 1 N–H and O–H groups in total. The van der Waals surface area contributed by atoms with Crippen molar-refractivity contribution in [3.05, 3.63) is 100 Å². The van der Waals surface area contributed by atoms with Crippen LogP contribution in [0, 0.1) is 0 Å². The molecule has 0 saturated heterocycles. The first-order chi connectivity index (χ1) is 16.9. The number of benzene rings is 3. The molecule has 3 aromatic rings. The Hall–Kier alpha value is -3.16. The van der Waals surface area contributed by atoms with Gasteiger partial charge >= 0.3 is 0 Å². The maximum atomic E-state index is 13.8. The van der Waals surface area contributed by atoms with E-state index in [-0.39, 0.29) is 12.5 Å². The molecule has 1 aliphatic heterocycles. The number of ether oxygens (including phenoxy) is 2. The highest BCUT2D eigenvalue weighted by molar-refractivity contribution is 9.10. The Balaban J connectivity index is 1.78. The Morgan fingerprint density at radius 1 is 1.06 bits per heavy atom. The van der Waals surface area contributed by atoms with Crippen molar-refractivity contribution in [1.82, 2.24) is 4.90 Å².